The van der Waals surface area contributed by atoms with Crippen molar-refractivity contribution in [2.45, 2.75) is 44.4 Å². The second-order valence-corrected chi connectivity index (χ2v) is 8.98. The van der Waals surface area contributed by atoms with Gasteiger partial charge in [-0.1, -0.05) is 18.2 Å². The van der Waals surface area contributed by atoms with Gasteiger partial charge in [-0.2, -0.15) is 0 Å². The van der Waals surface area contributed by atoms with Gasteiger partial charge in [0, 0.05) is 4.88 Å². The predicted molar refractivity (Wildman–Crippen MR) is 103 cm³/mol. The molecule has 0 bridgehead atoms. The Morgan fingerprint density at radius 2 is 1.96 bits per heavy atom. The van der Waals surface area contributed by atoms with E-state index >= 15 is 0 Å². The Morgan fingerprint density at radius 3 is 2.63 bits per heavy atom. The fourth-order valence-electron chi connectivity index (χ4n) is 4.67. The number of rotatable bonds is 2. The fraction of sp³-hybridized carbons (Fsp3) is 0.429. The first kappa shape index (κ1) is 18.2. The van der Waals surface area contributed by atoms with E-state index in [1.54, 1.807) is 24.3 Å². The number of thiophene rings is 1. The second-order valence-electron chi connectivity index (χ2n) is 8.00. The van der Waals surface area contributed by atoms with Gasteiger partial charge in [0.25, 0.3) is 0 Å². The van der Waals surface area contributed by atoms with Gasteiger partial charge in [-0.25, -0.2) is 0 Å². The lowest BCUT2D eigenvalue weighted by molar-refractivity contribution is -0.147. The number of ketones is 1. The molecular formula is C21H23NO4S. The van der Waals surface area contributed by atoms with E-state index in [4.69, 9.17) is 9.47 Å². The summed E-state index contributed by atoms with van der Waals surface area (Å²) in [5.74, 6) is 0.228. The molecule has 1 aromatic heterocycles. The molecule has 1 spiro atoms. The third kappa shape index (κ3) is 2.39. The maximum Gasteiger partial charge on any atom is 0.325 e. The molecule has 5 nitrogen and oxygen atoms in total. The predicted octanol–water partition coefficient (Wildman–Crippen LogP) is 3.75. The number of nitrogens with one attached hydrogen (secondary N) is 1. The first-order valence-corrected chi connectivity index (χ1v) is 9.85. The van der Waals surface area contributed by atoms with Gasteiger partial charge in [0.2, 0.25) is 0 Å². The molecule has 4 rings (SSSR count). The van der Waals surface area contributed by atoms with Crippen LogP contribution in [0.1, 0.15) is 48.5 Å². The Hall–Kier alpha value is -2.18. The molecular weight excluding hydrogens is 362 g/mol. The highest BCUT2D eigenvalue weighted by atomic mass is 32.1. The highest BCUT2D eigenvalue weighted by molar-refractivity contribution is 7.10. The van der Waals surface area contributed by atoms with Crippen molar-refractivity contribution in [2.75, 3.05) is 7.11 Å². The first-order valence-electron chi connectivity index (χ1n) is 8.97. The van der Waals surface area contributed by atoms with Crippen molar-refractivity contribution in [1.82, 2.24) is 5.32 Å². The van der Waals surface area contributed by atoms with E-state index in [0.29, 0.717) is 17.7 Å². The van der Waals surface area contributed by atoms with E-state index in [1.165, 1.54) is 7.11 Å². The lowest BCUT2D eigenvalue weighted by Crippen LogP contribution is -2.58. The lowest BCUT2D eigenvalue weighted by atomic mass is 9.60. The summed E-state index contributed by atoms with van der Waals surface area (Å²) < 4.78 is 11.4. The average Bonchev–Trinajstić information content (AvgIpc) is 3.26. The van der Waals surface area contributed by atoms with Crippen LogP contribution in [0.3, 0.4) is 0 Å². The minimum atomic E-state index is -0.980. The van der Waals surface area contributed by atoms with E-state index in [0.717, 1.165) is 4.88 Å². The van der Waals surface area contributed by atoms with Crippen LogP contribution < -0.4 is 10.1 Å². The van der Waals surface area contributed by atoms with E-state index in [9.17, 15) is 9.59 Å². The summed E-state index contributed by atoms with van der Waals surface area (Å²) in [6, 6.07) is 10.9. The van der Waals surface area contributed by atoms with Crippen LogP contribution in [0.25, 0.3) is 0 Å². The van der Waals surface area contributed by atoms with Crippen LogP contribution in [0.5, 0.6) is 5.75 Å². The molecule has 2 aliphatic heterocycles. The number of esters is 1. The zero-order chi connectivity index (χ0) is 19.4. The van der Waals surface area contributed by atoms with Gasteiger partial charge in [-0.15, -0.1) is 11.3 Å². The van der Waals surface area contributed by atoms with Crippen molar-refractivity contribution in [2.24, 2.45) is 5.41 Å². The number of hydrogen-bond acceptors (Lipinski definition) is 6. The molecule has 0 saturated carbocycles. The normalized spacial score (nSPS) is 31.4. The molecule has 142 valence electrons. The van der Waals surface area contributed by atoms with Crippen LogP contribution in [-0.4, -0.2) is 30.0 Å². The van der Waals surface area contributed by atoms with Crippen molar-refractivity contribution in [3.63, 3.8) is 0 Å². The Bertz CT molecular complexity index is 907. The number of benzene rings is 1. The maximum absolute atomic E-state index is 13.9. The van der Waals surface area contributed by atoms with E-state index in [-0.39, 0.29) is 17.8 Å². The third-order valence-electron chi connectivity index (χ3n) is 6.03. The molecule has 1 saturated heterocycles. The molecule has 27 heavy (non-hydrogen) atoms. The minimum absolute atomic E-state index is 0.00729. The number of Topliss-reactive ketones (excluding diaryl/α,β-unsaturated/α-hetero) is 1. The van der Waals surface area contributed by atoms with Gasteiger partial charge >= 0.3 is 5.97 Å². The van der Waals surface area contributed by atoms with Crippen LogP contribution in [-0.2, 0) is 9.53 Å². The van der Waals surface area contributed by atoms with Gasteiger partial charge in [0.1, 0.15) is 16.9 Å². The standard InChI is InChI=1S/C21H23NO4S/c1-19(2)21(17(23)13-8-5-6-9-14(13)26-19)12-20(3,18(24)25-4)22-16(21)15-10-7-11-27-15/h5-11,16,22H,12H2,1-4H3/t16-,20-,21+/m0/s1. The summed E-state index contributed by atoms with van der Waals surface area (Å²) >= 11 is 1.57. The summed E-state index contributed by atoms with van der Waals surface area (Å²) in [7, 11) is 1.38. The molecule has 1 aromatic carbocycles. The van der Waals surface area contributed by atoms with Crippen LogP contribution in [0.2, 0.25) is 0 Å². The van der Waals surface area contributed by atoms with E-state index in [1.807, 2.05) is 49.6 Å². The Kier molecular flexibility index (Phi) is 3.98. The molecule has 2 aliphatic rings. The number of carbonyl (C=O) groups excluding carboxylic acids is 2. The monoisotopic (exact) mass is 385 g/mol. The van der Waals surface area contributed by atoms with Crippen LogP contribution in [0, 0.1) is 5.41 Å². The number of methoxy groups -OCH3 is 1. The zero-order valence-corrected chi connectivity index (χ0v) is 16.7. The summed E-state index contributed by atoms with van der Waals surface area (Å²) in [6.45, 7) is 5.68. The van der Waals surface area contributed by atoms with Crippen molar-refractivity contribution in [1.29, 1.82) is 0 Å². The second kappa shape index (κ2) is 5.91. The molecule has 1 N–H and O–H groups in total. The SMILES string of the molecule is COC(=O)[C@]1(C)C[C@]2(C(=O)c3ccccc3OC2(C)C)[C@H](c2cccs2)N1. The van der Waals surface area contributed by atoms with E-state index in [2.05, 4.69) is 5.32 Å². The average molecular weight is 385 g/mol. The molecule has 2 aromatic rings. The molecule has 1 fully saturated rings. The maximum atomic E-state index is 13.9. The molecule has 0 radical (unpaired) electrons. The quantitative estimate of drug-likeness (QED) is 0.798. The Labute approximate surface area is 162 Å². The third-order valence-corrected chi connectivity index (χ3v) is 6.97. The number of hydrogen-bond donors (Lipinski definition) is 1. The largest absolute Gasteiger partial charge is 0.486 e. The van der Waals surface area contributed by atoms with Crippen molar-refractivity contribution in [3.8, 4) is 5.75 Å². The van der Waals surface area contributed by atoms with Gasteiger partial charge < -0.3 is 9.47 Å². The number of carbonyl (C=O) groups is 2. The van der Waals surface area contributed by atoms with Gasteiger partial charge in [-0.3, -0.25) is 14.9 Å². The lowest BCUT2D eigenvalue weighted by Gasteiger charge is -2.49. The Balaban J connectivity index is 1.94. The summed E-state index contributed by atoms with van der Waals surface area (Å²) in [6.07, 6.45) is 0.301. The molecule has 6 heteroatoms. The summed E-state index contributed by atoms with van der Waals surface area (Å²) in [4.78, 5) is 27.5. The number of para-hydroxylation sites is 1. The smallest absolute Gasteiger partial charge is 0.325 e. The van der Waals surface area contributed by atoms with Gasteiger partial charge in [-0.05, 0) is 50.8 Å². The van der Waals surface area contributed by atoms with Gasteiger partial charge in [0.15, 0.2) is 5.78 Å². The molecule has 0 amide bonds. The highest BCUT2D eigenvalue weighted by Crippen LogP contribution is 2.60. The molecule has 3 heterocycles. The number of ether oxygens (including phenoxy) is 2. The van der Waals surface area contributed by atoms with Crippen LogP contribution in [0.15, 0.2) is 41.8 Å². The molecule has 3 atom stereocenters. The van der Waals surface area contributed by atoms with Crippen molar-refractivity contribution >= 4 is 23.1 Å². The summed E-state index contributed by atoms with van der Waals surface area (Å²) in [5, 5.41) is 5.41. The topological polar surface area (TPSA) is 64.6 Å². The molecule has 0 aliphatic carbocycles. The van der Waals surface area contributed by atoms with Crippen LogP contribution in [0.4, 0.5) is 0 Å². The van der Waals surface area contributed by atoms with Crippen molar-refractivity contribution < 1.29 is 19.1 Å². The van der Waals surface area contributed by atoms with E-state index < -0.39 is 16.6 Å². The Morgan fingerprint density at radius 1 is 1.22 bits per heavy atom. The fourth-order valence-corrected chi connectivity index (χ4v) is 5.54. The first-order chi connectivity index (χ1) is 12.7. The van der Waals surface area contributed by atoms with Crippen LogP contribution >= 0.6 is 11.3 Å². The zero-order valence-electron chi connectivity index (χ0n) is 15.9. The van der Waals surface area contributed by atoms with Gasteiger partial charge in [0.05, 0.1) is 24.1 Å². The minimum Gasteiger partial charge on any atom is -0.486 e. The van der Waals surface area contributed by atoms with Crippen molar-refractivity contribution in [3.05, 3.63) is 52.2 Å². The highest BCUT2D eigenvalue weighted by Gasteiger charge is 2.69. The summed E-state index contributed by atoms with van der Waals surface area (Å²) in [5.41, 5.74) is -2.17. The molecule has 0 unspecified atom stereocenters. The number of fused-ring (bicyclic) bond motifs is 1.